The predicted molar refractivity (Wildman–Crippen MR) is 72.6 cm³/mol. The fourth-order valence-electron chi connectivity index (χ4n) is 3.13. The lowest BCUT2D eigenvalue weighted by atomic mass is 9.99. The Morgan fingerprint density at radius 3 is 2.15 bits per heavy atom. The van der Waals surface area contributed by atoms with Crippen LogP contribution in [0.3, 0.4) is 0 Å². The molecule has 20 heavy (non-hydrogen) atoms. The molecule has 2 unspecified atom stereocenters. The van der Waals surface area contributed by atoms with Crippen molar-refractivity contribution in [2.24, 2.45) is 11.8 Å². The highest BCUT2D eigenvalue weighted by Gasteiger charge is 2.44. The molecular formula is C15H23NO4. The molecule has 5 nitrogen and oxygen atoms in total. The second kappa shape index (κ2) is 5.54. The molecule has 112 valence electrons. The number of imide groups is 1. The summed E-state index contributed by atoms with van der Waals surface area (Å²) in [5.41, 5.74) is -0.375. The fourth-order valence-corrected chi connectivity index (χ4v) is 3.13. The molecule has 0 aromatic heterocycles. The molecule has 0 aromatic rings. The second-order valence-electron chi connectivity index (χ2n) is 6.06. The maximum atomic E-state index is 12.1. The number of carbonyl (C=O) groups excluding carboxylic acids is 3. The van der Waals surface area contributed by atoms with E-state index >= 15 is 0 Å². The van der Waals surface area contributed by atoms with Gasteiger partial charge in [0.1, 0.15) is 12.1 Å². The van der Waals surface area contributed by atoms with Gasteiger partial charge in [-0.15, -0.1) is 0 Å². The zero-order valence-electron chi connectivity index (χ0n) is 12.5. The van der Waals surface area contributed by atoms with E-state index < -0.39 is 5.97 Å². The molecule has 0 N–H and O–H groups in total. The van der Waals surface area contributed by atoms with Crippen molar-refractivity contribution < 1.29 is 19.1 Å². The van der Waals surface area contributed by atoms with Gasteiger partial charge in [0.25, 0.3) is 0 Å². The van der Waals surface area contributed by atoms with E-state index in [1.54, 1.807) is 13.8 Å². The molecule has 0 spiro atoms. The van der Waals surface area contributed by atoms with Crippen molar-refractivity contribution in [1.82, 2.24) is 4.90 Å². The van der Waals surface area contributed by atoms with Crippen molar-refractivity contribution in [2.45, 2.75) is 58.5 Å². The average Bonchev–Trinajstić information content (AvgIpc) is 2.96. The van der Waals surface area contributed by atoms with Crippen LogP contribution in [0.1, 0.15) is 52.9 Å². The Balaban J connectivity index is 1.98. The summed E-state index contributed by atoms with van der Waals surface area (Å²) in [6.45, 7) is 5.21. The van der Waals surface area contributed by atoms with Crippen molar-refractivity contribution in [3.8, 4) is 0 Å². The zero-order valence-corrected chi connectivity index (χ0v) is 12.5. The molecule has 1 saturated carbocycles. The standard InChI is InChI=1S/C15H23NO4/c1-4-15(7-5-6-8-15)20-12(17)9-16-13(18)10(2)11(3)14(16)19/h10-11H,4-9H2,1-3H3. The summed E-state index contributed by atoms with van der Waals surface area (Å²) in [4.78, 5) is 37.0. The number of esters is 1. The molecule has 1 aliphatic carbocycles. The van der Waals surface area contributed by atoms with E-state index in [2.05, 4.69) is 0 Å². The molecule has 2 atom stereocenters. The molecule has 2 amide bonds. The minimum Gasteiger partial charge on any atom is -0.458 e. The number of likely N-dealkylation sites (tertiary alicyclic amines) is 1. The first-order valence-electron chi connectivity index (χ1n) is 7.47. The van der Waals surface area contributed by atoms with Crippen LogP contribution in [0.4, 0.5) is 0 Å². The van der Waals surface area contributed by atoms with E-state index in [0.29, 0.717) is 0 Å². The largest absolute Gasteiger partial charge is 0.458 e. The van der Waals surface area contributed by atoms with Crippen molar-refractivity contribution in [3.05, 3.63) is 0 Å². The number of hydrogen-bond acceptors (Lipinski definition) is 4. The van der Waals surface area contributed by atoms with E-state index in [-0.39, 0.29) is 35.8 Å². The van der Waals surface area contributed by atoms with E-state index in [9.17, 15) is 14.4 Å². The van der Waals surface area contributed by atoms with Crippen molar-refractivity contribution in [3.63, 3.8) is 0 Å². The summed E-state index contributed by atoms with van der Waals surface area (Å²) in [6, 6.07) is 0. The van der Waals surface area contributed by atoms with E-state index in [4.69, 9.17) is 4.74 Å². The number of carbonyl (C=O) groups is 3. The minimum absolute atomic E-state index is 0.242. The average molecular weight is 281 g/mol. The van der Waals surface area contributed by atoms with Gasteiger partial charge in [-0.1, -0.05) is 20.8 Å². The second-order valence-corrected chi connectivity index (χ2v) is 6.06. The number of ether oxygens (including phenoxy) is 1. The monoisotopic (exact) mass is 281 g/mol. The van der Waals surface area contributed by atoms with Crippen LogP contribution >= 0.6 is 0 Å². The third-order valence-electron chi connectivity index (χ3n) is 4.84. The van der Waals surface area contributed by atoms with Gasteiger partial charge < -0.3 is 4.74 Å². The number of hydrogen-bond donors (Lipinski definition) is 0. The summed E-state index contributed by atoms with van der Waals surface area (Å²) in [5, 5.41) is 0. The van der Waals surface area contributed by atoms with Crippen LogP contribution in [0.2, 0.25) is 0 Å². The summed E-state index contributed by atoms with van der Waals surface area (Å²) in [7, 11) is 0. The third-order valence-corrected chi connectivity index (χ3v) is 4.84. The van der Waals surface area contributed by atoms with Gasteiger partial charge in [-0.2, -0.15) is 0 Å². The highest BCUT2D eigenvalue weighted by molar-refractivity contribution is 6.06. The Hall–Kier alpha value is -1.39. The Morgan fingerprint density at radius 1 is 1.20 bits per heavy atom. The summed E-state index contributed by atoms with van der Waals surface area (Å²) >= 11 is 0. The summed E-state index contributed by atoms with van der Waals surface area (Å²) in [6.07, 6.45) is 4.68. The SMILES string of the molecule is CCC1(OC(=O)CN2C(=O)C(C)C(C)C2=O)CCCC1. The Kier molecular flexibility index (Phi) is 4.16. The Morgan fingerprint density at radius 2 is 1.70 bits per heavy atom. The van der Waals surface area contributed by atoms with Crippen LogP contribution < -0.4 is 0 Å². The Bertz CT molecular complexity index is 406. The molecule has 2 rings (SSSR count). The fraction of sp³-hybridized carbons (Fsp3) is 0.800. The van der Waals surface area contributed by atoms with E-state index in [1.807, 2.05) is 6.92 Å². The van der Waals surface area contributed by atoms with Crippen LogP contribution in [0, 0.1) is 11.8 Å². The van der Waals surface area contributed by atoms with Gasteiger partial charge >= 0.3 is 5.97 Å². The predicted octanol–water partition coefficient (Wildman–Crippen LogP) is 1.89. The molecule has 1 heterocycles. The minimum atomic E-state index is -0.461. The summed E-state index contributed by atoms with van der Waals surface area (Å²) in [5.74, 6) is -1.69. The van der Waals surface area contributed by atoms with Gasteiger partial charge in [-0.25, -0.2) is 0 Å². The highest BCUT2D eigenvalue weighted by atomic mass is 16.6. The number of nitrogens with zero attached hydrogens (tertiary/aromatic N) is 1. The van der Waals surface area contributed by atoms with Crippen LogP contribution in [-0.4, -0.2) is 34.8 Å². The van der Waals surface area contributed by atoms with Crippen molar-refractivity contribution in [2.75, 3.05) is 6.54 Å². The topological polar surface area (TPSA) is 63.7 Å². The molecule has 1 saturated heterocycles. The van der Waals surface area contributed by atoms with E-state index in [0.717, 1.165) is 37.0 Å². The van der Waals surface area contributed by atoms with Gasteiger partial charge in [0.15, 0.2) is 0 Å². The zero-order chi connectivity index (χ0) is 14.9. The molecule has 1 aliphatic heterocycles. The molecular weight excluding hydrogens is 258 g/mol. The van der Waals surface area contributed by atoms with Crippen LogP contribution in [0.15, 0.2) is 0 Å². The first-order valence-corrected chi connectivity index (χ1v) is 7.47. The third kappa shape index (κ3) is 2.58. The maximum Gasteiger partial charge on any atom is 0.326 e. The molecule has 0 aromatic carbocycles. The molecule has 2 aliphatic rings. The van der Waals surface area contributed by atoms with Gasteiger partial charge in [-0.3, -0.25) is 19.3 Å². The number of amides is 2. The lowest BCUT2D eigenvalue weighted by Crippen LogP contribution is -2.40. The quantitative estimate of drug-likeness (QED) is 0.583. The highest BCUT2D eigenvalue weighted by Crippen LogP contribution is 2.36. The van der Waals surface area contributed by atoms with Crippen molar-refractivity contribution >= 4 is 17.8 Å². The normalized spacial score (nSPS) is 29.1. The first-order chi connectivity index (χ1) is 9.40. The molecule has 0 bridgehead atoms. The van der Waals surface area contributed by atoms with E-state index in [1.165, 1.54) is 0 Å². The van der Waals surface area contributed by atoms with Gasteiger partial charge in [-0.05, 0) is 32.1 Å². The van der Waals surface area contributed by atoms with Crippen LogP contribution in [0.5, 0.6) is 0 Å². The first kappa shape index (κ1) is 15.0. The molecule has 0 radical (unpaired) electrons. The van der Waals surface area contributed by atoms with Crippen molar-refractivity contribution in [1.29, 1.82) is 0 Å². The maximum absolute atomic E-state index is 12.1. The number of rotatable bonds is 4. The molecule has 5 heteroatoms. The van der Waals surface area contributed by atoms with Crippen LogP contribution in [0.25, 0.3) is 0 Å². The lowest BCUT2D eigenvalue weighted by Gasteiger charge is -2.28. The van der Waals surface area contributed by atoms with Gasteiger partial charge in [0.05, 0.1) is 0 Å². The van der Waals surface area contributed by atoms with Gasteiger partial charge in [0.2, 0.25) is 11.8 Å². The van der Waals surface area contributed by atoms with Crippen LogP contribution in [-0.2, 0) is 19.1 Å². The smallest absolute Gasteiger partial charge is 0.326 e. The summed E-state index contributed by atoms with van der Waals surface area (Å²) < 4.78 is 5.59. The lowest BCUT2D eigenvalue weighted by molar-refractivity contribution is -0.164. The van der Waals surface area contributed by atoms with Gasteiger partial charge in [0, 0.05) is 11.8 Å². The Labute approximate surface area is 119 Å². The molecule has 2 fully saturated rings.